The van der Waals surface area contributed by atoms with Crippen LogP contribution >= 0.6 is 0 Å². The fraction of sp³-hybridized carbons (Fsp3) is 0.438. The maximum absolute atomic E-state index is 11.3. The number of benzene rings is 1. The highest BCUT2D eigenvalue weighted by Crippen LogP contribution is 2.16. The van der Waals surface area contributed by atoms with Crippen molar-refractivity contribution in [2.75, 3.05) is 13.7 Å². The van der Waals surface area contributed by atoms with Gasteiger partial charge in [-0.15, -0.1) is 6.42 Å². The van der Waals surface area contributed by atoms with Gasteiger partial charge in [0.25, 0.3) is 0 Å². The molecule has 1 aromatic rings. The van der Waals surface area contributed by atoms with Crippen LogP contribution in [0.2, 0.25) is 0 Å². The van der Waals surface area contributed by atoms with Crippen LogP contribution in [0.25, 0.3) is 0 Å². The smallest absolute Gasteiger partial charge is 0.337 e. The molecule has 2 rings (SSSR count). The summed E-state index contributed by atoms with van der Waals surface area (Å²) in [6.45, 7) is 1.44. The molecule has 0 unspecified atom stereocenters. The first-order chi connectivity index (χ1) is 9.74. The largest absolute Gasteiger partial charge is 0.465 e. The van der Waals surface area contributed by atoms with E-state index in [1.165, 1.54) is 7.11 Å². The van der Waals surface area contributed by atoms with Crippen molar-refractivity contribution in [3.63, 3.8) is 0 Å². The molecule has 1 heterocycles. The lowest BCUT2D eigenvalue weighted by Gasteiger charge is -2.19. The van der Waals surface area contributed by atoms with Gasteiger partial charge >= 0.3 is 5.97 Å². The molecule has 1 saturated heterocycles. The van der Waals surface area contributed by atoms with Crippen molar-refractivity contribution in [2.24, 2.45) is 0 Å². The molecule has 1 aliphatic rings. The van der Waals surface area contributed by atoms with E-state index in [1.807, 2.05) is 12.1 Å². The van der Waals surface area contributed by atoms with Gasteiger partial charge in [0.15, 0.2) is 0 Å². The van der Waals surface area contributed by atoms with Crippen LogP contribution < -0.4 is 5.32 Å². The molecule has 1 aromatic carbocycles. The van der Waals surface area contributed by atoms with Gasteiger partial charge < -0.3 is 9.47 Å². The summed E-state index contributed by atoms with van der Waals surface area (Å²) in [5.41, 5.74) is 1.61. The standard InChI is InChI=1S/C16H19NO3/c1-3-14(15-5-4-10-20-15)17-11-12-6-8-13(9-7-12)16(18)19-2/h1,6-9,14-15,17H,4-5,10-11H2,2H3/t14-,15+/m1/s1. The van der Waals surface area contributed by atoms with E-state index in [2.05, 4.69) is 16.0 Å². The average molecular weight is 273 g/mol. The zero-order valence-corrected chi connectivity index (χ0v) is 11.6. The Hall–Kier alpha value is -1.83. The van der Waals surface area contributed by atoms with Gasteiger partial charge in [-0.1, -0.05) is 18.1 Å². The number of nitrogens with one attached hydrogen (secondary N) is 1. The fourth-order valence-electron chi connectivity index (χ4n) is 2.27. The Labute approximate surface area is 119 Å². The Kier molecular flexibility index (Phi) is 5.16. The second-order valence-corrected chi connectivity index (χ2v) is 4.77. The van der Waals surface area contributed by atoms with Gasteiger partial charge in [-0.25, -0.2) is 4.79 Å². The normalized spacial score (nSPS) is 19.3. The quantitative estimate of drug-likeness (QED) is 0.656. The Bertz CT molecular complexity index is 483. The van der Waals surface area contributed by atoms with Crippen LogP contribution in [0.1, 0.15) is 28.8 Å². The minimum atomic E-state index is -0.328. The highest BCUT2D eigenvalue weighted by molar-refractivity contribution is 5.89. The summed E-state index contributed by atoms with van der Waals surface area (Å²) >= 11 is 0. The van der Waals surface area contributed by atoms with Crippen molar-refractivity contribution in [2.45, 2.75) is 31.5 Å². The van der Waals surface area contributed by atoms with E-state index in [-0.39, 0.29) is 18.1 Å². The van der Waals surface area contributed by atoms with Crippen LogP contribution in [0.15, 0.2) is 24.3 Å². The van der Waals surface area contributed by atoms with E-state index in [4.69, 9.17) is 11.2 Å². The van der Waals surface area contributed by atoms with Crippen LogP contribution in [0.3, 0.4) is 0 Å². The van der Waals surface area contributed by atoms with Gasteiger partial charge in [0.05, 0.1) is 24.8 Å². The summed E-state index contributed by atoms with van der Waals surface area (Å²) in [7, 11) is 1.37. The fourth-order valence-corrected chi connectivity index (χ4v) is 2.27. The molecule has 0 aromatic heterocycles. The van der Waals surface area contributed by atoms with Crippen LogP contribution in [0, 0.1) is 12.3 Å². The van der Waals surface area contributed by atoms with Crippen LogP contribution in [0.4, 0.5) is 0 Å². The van der Waals surface area contributed by atoms with Crippen molar-refractivity contribution < 1.29 is 14.3 Å². The first-order valence-electron chi connectivity index (χ1n) is 6.73. The molecule has 0 aliphatic carbocycles. The average Bonchev–Trinajstić information content (AvgIpc) is 3.02. The van der Waals surface area contributed by atoms with Crippen LogP contribution in [-0.2, 0) is 16.0 Å². The van der Waals surface area contributed by atoms with Gasteiger partial charge in [0, 0.05) is 13.2 Å². The van der Waals surface area contributed by atoms with E-state index in [1.54, 1.807) is 12.1 Å². The number of esters is 1. The molecule has 1 N–H and O–H groups in total. The monoisotopic (exact) mass is 273 g/mol. The molecule has 4 nitrogen and oxygen atoms in total. The molecule has 0 radical (unpaired) electrons. The SMILES string of the molecule is C#C[C@@H](NCc1ccc(C(=O)OC)cc1)[C@@H]1CCCO1. The van der Waals surface area contributed by atoms with Crippen molar-refractivity contribution in [3.8, 4) is 12.3 Å². The number of hydrogen-bond acceptors (Lipinski definition) is 4. The Morgan fingerprint density at radius 1 is 1.55 bits per heavy atom. The second-order valence-electron chi connectivity index (χ2n) is 4.77. The number of carbonyl (C=O) groups is 1. The van der Waals surface area contributed by atoms with Crippen molar-refractivity contribution >= 4 is 5.97 Å². The van der Waals surface area contributed by atoms with Crippen LogP contribution in [0.5, 0.6) is 0 Å². The van der Waals surface area contributed by atoms with Crippen LogP contribution in [-0.4, -0.2) is 31.8 Å². The highest BCUT2D eigenvalue weighted by Gasteiger charge is 2.23. The predicted molar refractivity (Wildman–Crippen MR) is 76.2 cm³/mol. The van der Waals surface area contributed by atoms with Crippen molar-refractivity contribution in [1.29, 1.82) is 0 Å². The first kappa shape index (κ1) is 14.6. The molecule has 0 amide bonds. The third-order valence-corrected chi connectivity index (χ3v) is 3.42. The molecule has 20 heavy (non-hydrogen) atoms. The van der Waals surface area contributed by atoms with E-state index in [0.717, 1.165) is 25.0 Å². The van der Waals surface area contributed by atoms with Crippen molar-refractivity contribution in [1.82, 2.24) is 5.32 Å². The molecule has 0 spiro atoms. The van der Waals surface area contributed by atoms with Gasteiger partial charge in [-0.2, -0.15) is 0 Å². The summed E-state index contributed by atoms with van der Waals surface area (Å²) in [6.07, 6.45) is 7.72. The van der Waals surface area contributed by atoms with Gasteiger partial charge in [-0.05, 0) is 30.5 Å². The molecule has 0 saturated carbocycles. The van der Waals surface area contributed by atoms with E-state index < -0.39 is 0 Å². The number of terminal acetylenes is 1. The van der Waals surface area contributed by atoms with E-state index in [0.29, 0.717) is 12.1 Å². The molecule has 1 aliphatic heterocycles. The second kappa shape index (κ2) is 7.09. The summed E-state index contributed by atoms with van der Waals surface area (Å²) in [6, 6.07) is 7.21. The topological polar surface area (TPSA) is 47.6 Å². The van der Waals surface area contributed by atoms with Crippen molar-refractivity contribution in [3.05, 3.63) is 35.4 Å². The molecule has 2 atom stereocenters. The predicted octanol–water partition coefficient (Wildman–Crippen LogP) is 1.74. The minimum Gasteiger partial charge on any atom is -0.465 e. The lowest BCUT2D eigenvalue weighted by Crippen LogP contribution is -2.37. The molecule has 106 valence electrons. The number of carbonyl (C=O) groups excluding carboxylic acids is 1. The zero-order valence-electron chi connectivity index (χ0n) is 11.6. The lowest BCUT2D eigenvalue weighted by molar-refractivity contribution is 0.0600. The Morgan fingerprint density at radius 3 is 2.85 bits per heavy atom. The summed E-state index contributed by atoms with van der Waals surface area (Å²) in [5.74, 6) is 2.41. The first-order valence-corrected chi connectivity index (χ1v) is 6.73. The number of hydrogen-bond donors (Lipinski definition) is 1. The maximum atomic E-state index is 11.3. The lowest BCUT2D eigenvalue weighted by atomic mass is 10.1. The third-order valence-electron chi connectivity index (χ3n) is 3.42. The summed E-state index contributed by atoms with van der Waals surface area (Å²) in [5, 5.41) is 3.31. The zero-order chi connectivity index (χ0) is 14.4. The van der Waals surface area contributed by atoms with Gasteiger partial charge in [0.2, 0.25) is 0 Å². The molecule has 1 fully saturated rings. The Balaban J connectivity index is 1.90. The maximum Gasteiger partial charge on any atom is 0.337 e. The number of methoxy groups -OCH3 is 1. The highest BCUT2D eigenvalue weighted by atomic mass is 16.5. The molecule has 4 heteroatoms. The summed E-state index contributed by atoms with van der Waals surface area (Å²) < 4.78 is 10.3. The molecule has 0 bridgehead atoms. The summed E-state index contributed by atoms with van der Waals surface area (Å²) in [4.78, 5) is 11.3. The number of rotatable bonds is 5. The molecular weight excluding hydrogens is 254 g/mol. The molecular formula is C16H19NO3. The van der Waals surface area contributed by atoms with E-state index >= 15 is 0 Å². The minimum absolute atomic E-state index is 0.0715. The van der Waals surface area contributed by atoms with Gasteiger partial charge in [-0.3, -0.25) is 5.32 Å². The Morgan fingerprint density at radius 2 is 2.30 bits per heavy atom. The third kappa shape index (κ3) is 3.60. The number of ether oxygens (including phenoxy) is 2. The van der Waals surface area contributed by atoms with E-state index in [9.17, 15) is 4.79 Å². The van der Waals surface area contributed by atoms with Gasteiger partial charge in [0.1, 0.15) is 0 Å².